The summed E-state index contributed by atoms with van der Waals surface area (Å²) >= 11 is 0. The Hall–Kier alpha value is -1.87. The molecule has 19 heavy (non-hydrogen) atoms. The van der Waals surface area contributed by atoms with E-state index in [9.17, 15) is 5.11 Å². The highest BCUT2D eigenvalue weighted by Crippen LogP contribution is 2.35. The highest BCUT2D eigenvalue weighted by molar-refractivity contribution is 5.46. The summed E-state index contributed by atoms with van der Waals surface area (Å²) < 4.78 is 5.74. The summed E-state index contributed by atoms with van der Waals surface area (Å²) in [5, 5.41) is 10.5. The second kappa shape index (κ2) is 5.02. The van der Waals surface area contributed by atoms with Crippen LogP contribution in [-0.4, -0.2) is 16.7 Å². The van der Waals surface area contributed by atoms with Crippen molar-refractivity contribution in [3.63, 3.8) is 0 Å². The first-order valence-corrected chi connectivity index (χ1v) is 6.61. The van der Waals surface area contributed by atoms with Crippen LogP contribution in [0.1, 0.15) is 34.9 Å². The summed E-state index contributed by atoms with van der Waals surface area (Å²) in [5.74, 6) is 0.838. The first-order valence-electron chi connectivity index (χ1n) is 6.61. The van der Waals surface area contributed by atoms with E-state index < -0.39 is 6.10 Å². The van der Waals surface area contributed by atoms with Gasteiger partial charge in [0.25, 0.3) is 0 Å². The summed E-state index contributed by atoms with van der Waals surface area (Å²) in [6.45, 7) is 2.72. The molecule has 3 rings (SSSR count). The minimum Gasteiger partial charge on any atom is -0.493 e. The van der Waals surface area contributed by atoms with Crippen molar-refractivity contribution in [2.45, 2.75) is 25.9 Å². The molecule has 1 N–H and O–H groups in total. The number of para-hydroxylation sites is 1. The van der Waals surface area contributed by atoms with Gasteiger partial charge in [0.05, 0.1) is 12.3 Å². The molecule has 1 unspecified atom stereocenters. The van der Waals surface area contributed by atoms with Gasteiger partial charge in [0, 0.05) is 11.8 Å². The summed E-state index contributed by atoms with van der Waals surface area (Å²) in [6.07, 6.45) is 3.05. The maximum Gasteiger partial charge on any atom is 0.128 e. The second-order valence-corrected chi connectivity index (χ2v) is 4.95. The molecule has 1 aromatic carbocycles. The summed E-state index contributed by atoms with van der Waals surface area (Å²) in [4.78, 5) is 4.26. The van der Waals surface area contributed by atoms with Gasteiger partial charge in [0.2, 0.25) is 0 Å². The van der Waals surface area contributed by atoms with Crippen molar-refractivity contribution >= 4 is 0 Å². The fraction of sp³-hybridized carbons (Fsp3) is 0.312. The van der Waals surface area contributed by atoms with E-state index in [4.69, 9.17) is 4.74 Å². The van der Waals surface area contributed by atoms with E-state index >= 15 is 0 Å². The average Bonchev–Trinajstić information content (AvgIpc) is 2.46. The molecule has 1 aliphatic rings. The minimum atomic E-state index is -0.729. The number of fused-ring (bicyclic) bond motifs is 1. The number of benzene rings is 1. The van der Waals surface area contributed by atoms with Crippen molar-refractivity contribution in [2.24, 2.45) is 0 Å². The number of pyridine rings is 1. The largest absolute Gasteiger partial charge is 0.493 e. The predicted molar refractivity (Wildman–Crippen MR) is 73.3 cm³/mol. The van der Waals surface area contributed by atoms with E-state index in [0.717, 1.165) is 36.3 Å². The van der Waals surface area contributed by atoms with Crippen LogP contribution in [0, 0.1) is 6.92 Å². The number of rotatable bonds is 2. The summed E-state index contributed by atoms with van der Waals surface area (Å²) in [7, 11) is 0. The van der Waals surface area contributed by atoms with Crippen LogP contribution in [-0.2, 0) is 6.42 Å². The quantitative estimate of drug-likeness (QED) is 0.897. The molecule has 0 amide bonds. The van der Waals surface area contributed by atoms with Crippen LogP contribution < -0.4 is 4.74 Å². The zero-order valence-corrected chi connectivity index (χ0v) is 11.0. The molecule has 0 spiro atoms. The highest BCUT2D eigenvalue weighted by Gasteiger charge is 2.21. The molecule has 0 bridgehead atoms. The van der Waals surface area contributed by atoms with Gasteiger partial charge < -0.3 is 9.84 Å². The Morgan fingerprint density at radius 1 is 1.32 bits per heavy atom. The molecule has 1 atom stereocenters. The number of aryl methyl sites for hydroxylation is 2. The van der Waals surface area contributed by atoms with Crippen molar-refractivity contribution in [3.05, 3.63) is 58.9 Å². The molecule has 3 nitrogen and oxygen atoms in total. The van der Waals surface area contributed by atoms with Crippen molar-refractivity contribution in [1.82, 2.24) is 4.98 Å². The monoisotopic (exact) mass is 255 g/mol. The first-order chi connectivity index (χ1) is 9.25. The Balaban J connectivity index is 2.02. The van der Waals surface area contributed by atoms with Gasteiger partial charge in [-0.1, -0.05) is 18.2 Å². The van der Waals surface area contributed by atoms with Crippen molar-refractivity contribution in [3.8, 4) is 5.75 Å². The molecular formula is C16H17NO2. The lowest BCUT2D eigenvalue weighted by molar-refractivity contribution is 0.202. The Bertz CT molecular complexity index is 595. The third-order valence-electron chi connectivity index (χ3n) is 3.48. The molecule has 0 saturated carbocycles. The molecule has 0 saturated heterocycles. The van der Waals surface area contributed by atoms with E-state index in [1.165, 1.54) is 5.56 Å². The normalized spacial score (nSPS) is 15.5. The average molecular weight is 255 g/mol. The van der Waals surface area contributed by atoms with Crippen molar-refractivity contribution in [1.29, 1.82) is 0 Å². The fourth-order valence-electron chi connectivity index (χ4n) is 2.50. The van der Waals surface area contributed by atoms with Gasteiger partial charge in [-0.05, 0) is 43.0 Å². The molecule has 98 valence electrons. The van der Waals surface area contributed by atoms with E-state index in [-0.39, 0.29) is 0 Å². The summed E-state index contributed by atoms with van der Waals surface area (Å²) in [5.41, 5.74) is 3.75. The van der Waals surface area contributed by atoms with Crippen LogP contribution in [0.4, 0.5) is 0 Å². The molecule has 1 aromatic heterocycles. The van der Waals surface area contributed by atoms with Gasteiger partial charge in [-0.15, -0.1) is 0 Å². The van der Waals surface area contributed by atoms with E-state index in [0.29, 0.717) is 5.69 Å². The van der Waals surface area contributed by atoms with Gasteiger partial charge in [-0.2, -0.15) is 0 Å². The molecular weight excluding hydrogens is 238 g/mol. The molecule has 0 aliphatic carbocycles. The molecule has 0 radical (unpaired) electrons. The molecule has 3 heteroatoms. The number of aliphatic hydroxyl groups excluding tert-OH is 1. The lowest BCUT2D eigenvalue weighted by atomic mass is 9.97. The number of ether oxygens (including phenoxy) is 1. The summed E-state index contributed by atoms with van der Waals surface area (Å²) in [6, 6.07) is 9.79. The lowest BCUT2D eigenvalue weighted by Gasteiger charge is -2.22. The number of aromatic nitrogens is 1. The smallest absolute Gasteiger partial charge is 0.128 e. The second-order valence-electron chi connectivity index (χ2n) is 4.95. The minimum absolute atomic E-state index is 0.669. The maximum absolute atomic E-state index is 10.5. The highest BCUT2D eigenvalue weighted by atomic mass is 16.5. The maximum atomic E-state index is 10.5. The fourth-order valence-corrected chi connectivity index (χ4v) is 2.50. The third-order valence-corrected chi connectivity index (χ3v) is 3.48. The molecule has 1 aliphatic heterocycles. The Labute approximate surface area is 112 Å². The predicted octanol–water partition coefficient (Wildman–Crippen LogP) is 2.80. The standard InChI is InChI=1S/C16H17NO2/c1-11-7-8-17-14(10-11)15(18)13-6-2-4-12-5-3-9-19-16(12)13/h2,4,6-8,10,15,18H,3,5,9H2,1H3. The molecule has 2 aromatic rings. The van der Waals surface area contributed by atoms with Crippen LogP contribution in [0.15, 0.2) is 36.5 Å². The number of aliphatic hydroxyl groups is 1. The van der Waals surface area contributed by atoms with Crippen LogP contribution in [0.5, 0.6) is 5.75 Å². The van der Waals surface area contributed by atoms with Gasteiger partial charge >= 0.3 is 0 Å². The Morgan fingerprint density at radius 3 is 3.05 bits per heavy atom. The van der Waals surface area contributed by atoms with E-state index in [1.807, 2.05) is 31.2 Å². The van der Waals surface area contributed by atoms with Crippen LogP contribution >= 0.6 is 0 Å². The van der Waals surface area contributed by atoms with Gasteiger partial charge in [-0.25, -0.2) is 0 Å². The SMILES string of the molecule is Cc1ccnc(C(O)c2cccc3c2OCCC3)c1. The zero-order chi connectivity index (χ0) is 13.2. The van der Waals surface area contributed by atoms with Gasteiger partial charge in [0.1, 0.15) is 11.9 Å². The van der Waals surface area contributed by atoms with Crippen LogP contribution in [0.2, 0.25) is 0 Å². The number of hydrogen-bond acceptors (Lipinski definition) is 3. The van der Waals surface area contributed by atoms with Gasteiger partial charge in [-0.3, -0.25) is 4.98 Å². The van der Waals surface area contributed by atoms with E-state index in [2.05, 4.69) is 11.1 Å². The van der Waals surface area contributed by atoms with Crippen molar-refractivity contribution in [2.75, 3.05) is 6.61 Å². The Morgan fingerprint density at radius 2 is 2.21 bits per heavy atom. The van der Waals surface area contributed by atoms with Gasteiger partial charge in [0.15, 0.2) is 0 Å². The molecule has 0 fully saturated rings. The number of nitrogens with zero attached hydrogens (tertiary/aromatic N) is 1. The third kappa shape index (κ3) is 2.34. The number of hydrogen-bond donors (Lipinski definition) is 1. The first kappa shape index (κ1) is 12.2. The van der Waals surface area contributed by atoms with Crippen LogP contribution in [0.25, 0.3) is 0 Å². The zero-order valence-electron chi connectivity index (χ0n) is 11.0. The lowest BCUT2D eigenvalue weighted by Crippen LogP contribution is -2.13. The molecule has 2 heterocycles. The van der Waals surface area contributed by atoms with E-state index in [1.54, 1.807) is 6.20 Å². The van der Waals surface area contributed by atoms with Crippen molar-refractivity contribution < 1.29 is 9.84 Å². The Kier molecular flexibility index (Phi) is 3.22. The topological polar surface area (TPSA) is 42.4 Å². The van der Waals surface area contributed by atoms with Crippen LogP contribution in [0.3, 0.4) is 0 Å².